The number of phenols is 1. The van der Waals surface area contributed by atoms with Gasteiger partial charge in [0.05, 0.1) is 6.04 Å². The molecule has 0 spiro atoms. The number of fused-ring (bicyclic) bond motifs is 2. The van der Waals surface area contributed by atoms with Crippen LogP contribution in [0.15, 0.2) is 97.2 Å². The number of hydrogen-bond acceptors (Lipinski definition) is 12. The van der Waals surface area contributed by atoms with E-state index in [1.54, 1.807) is 38.5 Å². The molecule has 0 unspecified atom stereocenters. The van der Waals surface area contributed by atoms with Crippen LogP contribution in [0.3, 0.4) is 0 Å². The highest BCUT2D eigenvalue weighted by molar-refractivity contribution is 7.80. The second-order valence-electron chi connectivity index (χ2n) is 17.2. The standard InChI is InChI=1S/C50H62N9O8S2/c1-29(2)44(50(67)54-35(26-60)27-68)59-46(63)40(13-7-8-20-51)55-48(65)42(24-34-25-53-39-12-6-5-11-37(34)39)57-47(64)41(23-30-15-18-36(61)19-16-30)56-49(66)43(28-69)58-45(62)38(52)22-31-14-17-32-9-3-4-10-33(32)21-31/h3-6,9-12,14-19,21,25,29,35,38,40-44,53,61,68-69H,7-8,13,20,22-24,27-28,51-52H2,1-2H3,(H,54,67)(H,55,65)(H,56,66)(H,57,64)(H,58,62)(H,59,63)/t35-,38-,40+,41+,42-,43+,44+/m1/s1. The minimum absolute atomic E-state index is 0.0108. The highest BCUT2D eigenvalue weighted by atomic mass is 32.1. The predicted molar refractivity (Wildman–Crippen MR) is 272 cm³/mol. The van der Waals surface area contributed by atoms with Gasteiger partial charge in [-0.1, -0.05) is 86.6 Å². The molecule has 0 fully saturated rings. The molecule has 0 saturated heterocycles. The fourth-order valence-electron chi connectivity index (χ4n) is 7.73. The Morgan fingerprint density at radius 2 is 1.23 bits per heavy atom. The summed E-state index contributed by atoms with van der Waals surface area (Å²) >= 11 is 8.42. The molecule has 0 aliphatic heterocycles. The zero-order valence-electron chi connectivity index (χ0n) is 38.6. The van der Waals surface area contributed by atoms with E-state index in [0.29, 0.717) is 30.5 Å². The van der Waals surface area contributed by atoms with Crippen molar-refractivity contribution >= 4 is 88.7 Å². The van der Waals surface area contributed by atoms with Crippen LogP contribution >= 0.6 is 25.3 Å². The van der Waals surface area contributed by atoms with Crippen LogP contribution in [0.2, 0.25) is 0 Å². The molecule has 19 heteroatoms. The number of unbranched alkanes of at least 4 members (excludes halogenated alkanes) is 1. The number of nitrogens with one attached hydrogen (secondary N) is 7. The summed E-state index contributed by atoms with van der Waals surface area (Å²) in [6.45, 7) is 3.74. The molecule has 0 saturated carbocycles. The van der Waals surface area contributed by atoms with Gasteiger partial charge in [0, 0.05) is 41.4 Å². The third kappa shape index (κ3) is 15.6. The van der Waals surface area contributed by atoms with Gasteiger partial charge in [0.25, 0.3) is 0 Å². The van der Waals surface area contributed by atoms with Crippen molar-refractivity contribution in [2.24, 2.45) is 17.4 Å². The normalized spacial score (nSPS) is 14.4. The number of benzene rings is 4. The van der Waals surface area contributed by atoms with Crippen molar-refractivity contribution in [1.29, 1.82) is 0 Å². The zero-order valence-corrected chi connectivity index (χ0v) is 40.4. The maximum absolute atomic E-state index is 14.6. The lowest BCUT2D eigenvalue weighted by atomic mass is 10.00. The molecule has 6 amide bonds. The van der Waals surface area contributed by atoms with Crippen LogP contribution in [-0.2, 0) is 52.8 Å². The van der Waals surface area contributed by atoms with Gasteiger partial charge in [-0.25, -0.2) is 0 Å². The first-order valence-electron chi connectivity index (χ1n) is 22.8. The molecule has 4 aromatic carbocycles. The monoisotopic (exact) mass is 980 g/mol. The first kappa shape index (κ1) is 53.5. The maximum atomic E-state index is 14.6. The van der Waals surface area contributed by atoms with Crippen molar-refractivity contribution in [2.75, 3.05) is 18.1 Å². The third-order valence-corrected chi connectivity index (χ3v) is 12.4. The summed E-state index contributed by atoms with van der Waals surface area (Å²) in [6, 6.07) is 18.7. The first-order chi connectivity index (χ1) is 33.1. The van der Waals surface area contributed by atoms with Crippen molar-refractivity contribution < 1.29 is 38.7 Å². The van der Waals surface area contributed by atoms with Crippen LogP contribution in [-0.4, -0.2) is 112 Å². The summed E-state index contributed by atoms with van der Waals surface area (Å²) < 4.78 is 0. The lowest BCUT2D eigenvalue weighted by Crippen LogP contribution is -2.61. The number of amides is 6. The number of hydrogen-bond donors (Lipinski definition) is 12. The molecule has 367 valence electrons. The Morgan fingerprint density at radius 3 is 1.88 bits per heavy atom. The molecule has 5 aromatic rings. The van der Waals surface area contributed by atoms with E-state index in [4.69, 9.17) is 11.5 Å². The fourth-order valence-corrected chi connectivity index (χ4v) is 8.16. The van der Waals surface area contributed by atoms with E-state index < -0.39 is 83.7 Å². The third-order valence-electron chi connectivity index (χ3n) is 11.6. The fraction of sp³-hybridized carbons (Fsp3) is 0.380. The summed E-state index contributed by atoms with van der Waals surface area (Å²) in [6.07, 6.45) is 4.50. The number of aromatic nitrogens is 1. The highest BCUT2D eigenvalue weighted by Gasteiger charge is 2.34. The van der Waals surface area contributed by atoms with Crippen LogP contribution < -0.4 is 43.4 Å². The largest absolute Gasteiger partial charge is 0.508 e. The molecule has 5 rings (SSSR count). The van der Waals surface area contributed by atoms with Gasteiger partial charge in [-0.15, -0.1) is 0 Å². The average molecular weight is 981 g/mol. The number of rotatable bonds is 26. The van der Waals surface area contributed by atoms with Gasteiger partial charge in [0.15, 0.2) is 0 Å². The molecule has 1 radical (unpaired) electrons. The molecule has 1 aromatic heterocycles. The Morgan fingerprint density at radius 1 is 0.638 bits per heavy atom. The molecule has 0 aliphatic rings. The molecule has 12 N–H and O–H groups in total. The summed E-state index contributed by atoms with van der Waals surface area (Å²) in [5.41, 5.74) is 14.9. The summed E-state index contributed by atoms with van der Waals surface area (Å²) in [5.74, 6) is -4.82. The Balaban J connectivity index is 1.39. The maximum Gasteiger partial charge on any atom is 0.244 e. The Labute approximate surface area is 412 Å². The van der Waals surface area contributed by atoms with E-state index in [1.165, 1.54) is 12.1 Å². The second-order valence-corrected chi connectivity index (χ2v) is 18.0. The van der Waals surface area contributed by atoms with Crippen LogP contribution in [0.5, 0.6) is 5.75 Å². The molecular formula is C50H62N9O8S2. The van der Waals surface area contributed by atoms with Crippen molar-refractivity contribution in [1.82, 2.24) is 36.9 Å². The van der Waals surface area contributed by atoms with Crippen LogP contribution in [0.4, 0.5) is 0 Å². The quantitative estimate of drug-likeness (QED) is 0.0283. The molecule has 0 aliphatic carbocycles. The molecular weight excluding hydrogens is 919 g/mol. The number of H-pyrrole nitrogens is 1. The first-order valence-corrected chi connectivity index (χ1v) is 24.1. The second kappa shape index (κ2) is 26.4. The summed E-state index contributed by atoms with van der Waals surface area (Å²) in [7, 11) is 0. The lowest BCUT2D eigenvalue weighted by molar-refractivity contribution is -0.135. The van der Waals surface area contributed by atoms with Crippen molar-refractivity contribution in [2.45, 2.75) is 94.7 Å². The van der Waals surface area contributed by atoms with E-state index in [9.17, 15) is 38.7 Å². The van der Waals surface area contributed by atoms with E-state index in [-0.39, 0.29) is 42.9 Å². The topological polar surface area (TPSA) is 280 Å². The predicted octanol–water partition coefficient (Wildman–Crippen LogP) is 2.05. The molecule has 69 heavy (non-hydrogen) atoms. The number of aromatic amines is 1. The summed E-state index contributed by atoms with van der Waals surface area (Å²) in [5, 5.41) is 29.1. The van der Waals surface area contributed by atoms with Crippen molar-refractivity contribution in [3.8, 4) is 5.75 Å². The smallest absolute Gasteiger partial charge is 0.244 e. The number of nitrogens with two attached hydrogens (primary N) is 2. The van der Waals surface area contributed by atoms with Crippen LogP contribution in [0.25, 0.3) is 21.7 Å². The number of para-hydroxylation sites is 1. The summed E-state index contributed by atoms with van der Waals surface area (Å²) in [4.78, 5) is 98.4. The van der Waals surface area contributed by atoms with Crippen molar-refractivity contribution in [3.05, 3.63) is 114 Å². The van der Waals surface area contributed by atoms with E-state index >= 15 is 0 Å². The number of carbonyl (C=O) groups is 6. The van der Waals surface area contributed by atoms with Gasteiger partial charge >= 0.3 is 0 Å². The van der Waals surface area contributed by atoms with Crippen LogP contribution in [0, 0.1) is 5.92 Å². The SMILES string of the molecule is CC(C)[C@H](NC(=O)[C@H](CCCCN)NC(=O)[C@@H](Cc1c[nH]c2ccccc12)NC(=O)[C@H](Cc1ccc(O)cc1)NC(=O)[C@H](CS)NC(=O)[C@H](N)Cc1ccc2ccccc2c1)C(=O)N[C@H]([C]=O)CS. The minimum Gasteiger partial charge on any atom is -0.508 e. The average Bonchev–Trinajstić information content (AvgIpc) is 3.75. The van der Waals surface area contributed by atoms with Gasteiger partial charge in [0.2, 0.25) is 41.7 Å². The number of carbonyl (C=O) groups excluding carboxylic acids is 7. The van der Waals surface area contributed by atoms with E-state index in [1.807, 2.05) is 66.7 Å². The lowest BCUT2D eigenvalue weighted by Gasteiger charge is -2.28. The Bertz CT molecular complexity index is 2560. The molecule has 7 atom stereocenters. The van der Waals surface area contributed by atoms with Crippen molar-refractivity contribution in [3.63, 3.8) is 0 Å². The van der Waals surface area contributed by atoms with Crippen LogP contribution in [0.1, 0.15) is 49.8 Å². The van der Waals surface area contributed by atoms with Gasteiger partial charge < -0.3 is 53.5 Å². The van der Waals surface area contributed by atoms with Gasteiger partial charge in [-0.3, -0.25) is 33.6 Å². The van der Waals surface area contributed by atoms with Gasteiger partial charge in [0.1, 0.15) is 42.0 Å². The molecule has 1 heterocycles. The minimum atomic E-state index is -1.34. The number of aromatic hydroxyl groups is 1. The zero-order chi connectivity index (χ0) is 50.0. The highest BCUT2D eigenvalue weighted by Crippen LogP contribution is 2.21. The van der Waals surface area contributed by atoms with E-state index in [2.05, 4.69) is 62.1 Å². The molecule has 0 bridgehead atoms. The van der Waals surface area contributed by atoms with Gasteiger partial charge in [-0.2, -0.15) is 25.3 Å². The van der Waals surface area contributed by atoms with E-state index in [0.717, 1.165) is 27.2 Å². The Kier molecular flexibility index (Phi) is 20.5. The Hall–Kier alpha value is -6.41. The number of thiol groups is 2. The van der Waals surface area contributed by atoms with Gasteiger partial charge in [-0.05, 0) is 83.8 Å². The number of phenolic OH excluding ortho intramolecular Hbond substituents is 1. The molecule has 17 nitrogen and oxygen atoms in total.